The molecule has 33 heavy (non-hydrogen) atoms. The maximum absolute atomic E-state index is 5.60. The molecule has 1 aliphatic rings. The summed E-state index contributed by atoms with van der Waals surface area (Å²) in [6.07, 6.45) is 8.30. The maximum atomic E-state index is 5.60. The number of pyridine rings is 1. The van der Waals surface area contributed by atoms with Crippen LogP contribution in [-0.2, 0) is 4.84 Å². The first-order valence-corrected chi connectivity index (χ1v) is 11.8. The second-order valence-electron chi connectivity index (χ2n) is 9.43. The lowest BCUT2D eigenvalue weighted by Gasteiger charge is -2.33. The minimum absolute atomic E-state index is 0.368. The van der Waals surface area contributed by atoms with Gasteiger partial charge in [0.25, 0.3) is 0 Å². The van der Waals surface area contributed by atoms with Crippen LogP contribution in [0, 0.1) is 0 Å². The standard InChI is InChI=1S/C26H33N5O2/c1-16(2)24-21-12-18(17-6-9-20(10-7-17)30(3)33-5)8-11-22(21)29-25(24)19-13-23(32-4)26-27-15-28-31(26)14-19/h8,11-17,20,29H,6-7,9-10H2,1-5H3. The number of aromatic nitrogens is 4. The van der Waals surface area contributed by atoms with E-state index in [2.05, 4.69) is 53.2 Å². The summed E-state index contributed by atoms with van der Waals surface area (Å²) >= 11 is 0. The maximum Gasteiger partial charge on any atom is 0.197 e. The number of fused-ring (bicyclic) bond motifs is 2. The fraction of sp³-hybridized carbons (Fsp3) is 0.462. The minimum Gasteiger partial charge on any atom is -0.493 e. The van der Waals surface area contributed by atoms with E-state index in [-0.39, 0.29) is 0 Å². The molecule has 0 atom stereocenters. The monoisotopic (exact) mass is 447 g/mol. The topological polar surface area (TPSA) is 67.7 Å². The van der Waals surface area contributed by atoms with Crippen molar-refractivity contribution in [3.8, 4) is 17.0 Å². The van der Waals surface area contributed by atoms with Gasteiger partial charge in [-0.05, 0) is 66.8 Å². The molecule has 1 N–H and O–H groups in total. The van der Waals surface area contributed by atoms with Gasteiger partial charge >= 0.3 is 0 Å². The number of nitrogens with zero attached hydrogens (tertiary/aromatic N) is 4. The molecule has 0 spiro atoms. The normalized spacial score (nSPS) is 19.2. The number of H-pyrrole nitrogens is 1. The Bertz CT molecular complexity index is 1270. The van der Waals surface area contributed by atoms with Crippen molar-refractivity contribution >= 4 is 16.6 Å². The number of aromatic amines is 1. The highest BCUT2D eigenvalue weighted by Gasteiger charge is 2.26. The van der Waals surface area contributed by atoms with E-state index < -0.39 is 0 Å². The zero-order valence-corrected chi connectivity index (χ0v) is 20.1. The van der Waals surface area contributed by atoms with E-state index in [4.69, 9.17) is 9.57 Å². The fourth-order valence-electron chi connectivity index (χ4n) is 5.42. The van der Waals surface area contributed by atoms with E-state index >= 15 is 0 Å². The number of hydrogen-bond donors (Lipinski definition) is 1. The lowest BCUT2D eigenvalue weighted by atomic mass is 9.81. The van der Waals surface area contributed by atoms with Gasteiger partial charge in [-0.25, -0.2) is 9.50 Å². The van der Waals surface area contributed by atoms with Crippen LogP contribution >= 0.6 is 0 Å². The third-order valence-corrected chi connectivity index (χ3v) is 7.26. The molecule has 7 heteroatoms. The molecule has 0 aliphatic heterocycles. The van der Waals surface area contributed by atoms with Crippen LogP contribution in [0.3, 0.4) is 0 Å². The van der Waals surface area contributed by atoms with Crippen LogP contribution in [0.2, 0.25) is 0 Å². The van der Waals surface area contributed by atoms with Crippen LogP contribution in [0.1, 0.15) is 62.5 Å². The highest BCUT2D eigenvalue weighted by Crippen LogP contribution is 2.40. The van der Waals surface area contributed by atoms with E-state index in [0.717, 1.165) is 22.7 Å². The molecule has 0 bridgehead atoms. The molecule has 5 rings (SSSR count). The van der Waals surface area contributed by atoms with Crippen molar-refractivity contribution in [2.45, 2.75) is 57.4 Å². The minimum atomic E-state index is 0.368. The lowest BCUT2D eigenvalue weighted by Crippen LogP contribution is -2.33. The predicted molar refractivity (Wildman–Crippen MR) is 131 cm³/mol. The second kappa shape index (κ2) is 8.80. The summed E-state index contributed by atoms with van der Waals surface area (Å²) < 4.78 is 7.39. The average Bonchev–Trinajstić information content (AvgIpc) is 3.47. The molecule has 1 fully saturated rings. The Kier molecular flexibility index (Phi) is 5.85. The van der Waals surface area contributed by atoms with Crippen LogP contribution < -0.4 is 4.74 Å². The fourth-order valence-corrected chi connectivity index (χ4v) is 5.42. The number of hydroxylamine groups is 2. The van der Waals surface area contributed by atoms with Gasteiger partial charge < -0.3 is 14.6 Å². The summed E-state index contributed by atoms with van der Waals surface area (Å²) in [6.45, 7) is 4.52. The zero-order valence-electron chi connectivity index (χ0n) is 20.1. The Morgan fingerprint density at radius 3 is 2.61 bits per heavy atom. The van der Waals surface area contributed by atoms with Gasteiger partial charge in [0.1, 0.15) is 6.33 Å². The van der Waals surface area contributed by atoms with Crippen LogP contribution in [0.4, 0.5) is 0 Å². The summed E-state index contributed by atoms with van der Waals surface area (Å²) in [4.78, 5) is 13.4. The Hall–Kier alpha value is -2.90. The van der Waals surface area contributed by atoms with E-state index in [9.17, 15) is 0 Å². The Labute approximate surface area is 194 Å². The van der Waals surface area contributed by atoms with Crippen molar-refractivity contribution in [2.75, 3.05) is 21.3 Å². The van der Waals surface area contributed by atoms with Gasteiger partial charge in [-0.2, -0.15) is 10.2 Å². The molecule has 0 saturated heterocycles. The first-order chi connectivity index (χ1) is 16.0. The first kappa shape index (κ1) is 21.9. The van der Waals surface area contributed by atoms with Crippen molar-refractivity contribution in [1.82, 2.24) is 24.6 Å². The van der Waals surface area contributed by atoms with Gasteiger partial charge in [0.15, 0.2) is 11.4 Å². The number of ether oxygens (including phenoxy) is 1. The van der Waals surface area contributed by atoms with Gasteiger partial charge in [-0.1, -0.05) is 19.9 Å². The number of nitrogens with one attached hydrogen (secondary N) is 1. The van der Waals surface area contributed by atoms with Gasteiger partial charge in [-0.15, -0.1) is 0 Å². The molecule has 4 aromatic rings. The predicted octanol–water partition coefficient (Wildman–Crippen LogP) is 5.53. The molecule has 0 unspecified atom stereocenters. The van der Waals surface area contributed by atoms with E-state index in [1.165, 1.54) is 47.7 Å². The number of rotatable bonds is 6. The van der Waals surface area contributed by atoms with Crippen LogP contribution in [0.5, 0.6) is 5.75 Å². The molecular weight excluding hydrogens is 414 g/mol. The summed E-state index contributed by atoms with van der Waals surface area (Å²) in [5.74, 6) is 1.69. The molecule has 1 aromatic carbocycles. The van der Waals surface area contributed by atoms with Gasteiger partial charge in [-0.3, -0.25) is 0 Å². The number of hydrogen-bond acceptors (Lipinski definition) is 5. The Balaban J connectivity index is 1.54. The summed E-state index contributed by atoms with van der Waals surface area (Å²) in [5.41, 5.74) is 6.84. The van der Waals surface area contributed by atoms with Crippen molar-refractivity contribution in [3.63, 3.8) is 0 Å². The number of methoxy groups -OCH3 is 1. The quantitative estimate of drug-likeness (QED) is 0.394. The van der Waals surface area contributed by atoms with E-state index in [1.807, 2.05) is 18.3 Å². The van der Waals surface area contributed by atoms with Crippen LogP contribution in [0.25, 0.3) is 27.8 Å². The third-order valence-electron chi connectivity index (χ3n) is 7.26. The average molecular weight is 448 g/mol. The molecular formula is C26H33N5O2. The smallest absolute Gasteiger partial charge is 0.197 e. The molecule has 0 amide bonds. The molecule has 1 saturated carbocycles. The second-order valence-corrected chi connectivity index (χ2v) is 9.43. The number of benzene rings is 1. The van der Waals surface area contributed by atoms with Crippen molar-refractivity contribution in [3.05, 3.63) is 47.9 Å². The van der Waals surface area contributed by atoms with Crippen molar-refractivity contribution < 1.29 is 9.57 Å². The lowest BCUT2D eigenvalue weighted by molar-refractivity contribution is -0.148. The van der Waals surface area contributed by atoms with Crippen LogP contribution in [-0.4, -0.2) is 52.0 Å². The molecule has 1 aliphatic carbocycles. The first-order valence-electron chi connectivity index (χ1n) is 11.8. The molecule has 7 nitrogen and oxygen atoms in total. The summed E-state index contributed by atoms with van der Waals surface area (Å²) in [5, 5.41) is 7.66. The van der Waals surface area contributed by atoms with Crippen molar-refractivity contribution in [1.29, 1.82) is 0 Å². The van der Waals surface area contributed by atoms with Gasteiger partial charge in [0.2, 0.25) is 0 Å². The molecule has 3 heterocycles. The Morgan fingerprint density at radius 2 is 1.91 bits per heavy atom. The third kappa shape index (κ3) is 3.89. The van der Waals surface area contributed by atoms with Crippen LogP contribution in [0.15, 0.2) is 36.8 Å². The SMILES string of the molecule is COc1cc(-c2[nH]c3ccc(C4CCC(N(C)OC)CC4)cc3c2C(C)C)cn2ncnc12. The van der Waals surface area contributed by atoms with E-state index in [0.29, 0.717) is 17.9 Å². The zero-order chi connectivity index (χ0) is 23.1. The van der Waals surface area contributed by atoms with Gasteiger partial charge in [0, 0.05) is 35.8 Å². The Morgan fingerprint density at radius 1 is 1.12 bits per heavy atom. The summed E-state index contributed by atoms with van der Waals surface area (Å²) in [7, 11) is 5.47. The highest BCUT2D eigenvalue weighted by molar-refractivity contribution is 5.92. The van der Waals surface area contributed by atoms with Gasteiger partial charge in [0.05, 0.1) is 19.9 Å². The van der Waals surface area contributed by atoms with E-state index in [1.54, 1.807) is 25.1 Å². The molecule has 3 aromatic heterocycles. The molecule has 174 valence electrons. The summed E-state index contributed by atoms with van der Waals surface area (Å²) in [6, 6.07) is 9.54. The highest BCUT2D eigenvalue weighted by atomic mass is 16.7. The van der Waals surface area contributed by atoms with Crippen molar-refractivity contribution in [2.24, 2.45) is 0 Å². The largest absolute Gasteiger partial charge is 0.493 e. The molecule has 0 radical (unpaired) electrons.